The van der Waals surface area contributed by atoms with E-state index in [-0.39, 0.29) is 12.8 Å². The maximum absolute atomic E-state index is 12.8. The molecule has 0 bridgehead atoms. The standard InChI is InChI=1S/C45H79O14P/c1-3-5-7-9-11-13-14-15-16-18-20-24-28-32-38(47)56-34-37(35-57-60(54,55)59-45-43(52)41(50)40(49)42(51)44(45)53)58-39(48)33-29-25-21-23-27-31-36(46)30-26-22-19-17-12-10-8-6-4-2/h12,17,21-23,26-27,31,36-37,40-46,49-53H,3-11,13-16,18-20,24-25,28-30,32-35H2,1-2H3,(H,54,55)/b17-12-,23-21+,26-22-,31-27-/t36?,37-,40?,41-,42+,43-,44-,45?/m1/s1. The van der Waals surface area contributed by atoms with E-state index in [9.17, 15) is 49.7 Å². The Labute approximate surface area is 359 Å². The van der Waals surface area contributed by atoms with Crippen LogP contribution in [-0.4, -0.2) is 110 Å². The molecule has 1 rings (SSSR count). The minimum absolute atomic E-state index is 0.0379. The molecule has 0 heterocycles. The summed E-state index contributed by atoms with van der Waals surface area (Å²) in [6, 6.07) is 0. The Balaban J connectivity index is 2.57. The lowest BCUT2D eigenvalue weighted by Crippen LogP contribution is -2.64. The fraction of sp³-hybridized carbons (Fsp3) is 0.778. The highest BCUT2D eigenvalue weighted by Gasteiger charge is 2.51. The molecule has 0 radical (unpaired) electrons. The van der Waals surface area contributed by atoms with Gasteiger partial charge in [-0.05, 0) is 44.9 Å². The van der Waals surface area contributed by atoms with Crippen LogP contribution < -0.4 is 0 Å². The van der Waals surface area contributed by atoms with Crippen molar-refractivity contribution < 1.29 is 68.2 Å². The Kier molecular flexibility index (Phi) is 32.8. The Hall–Kier alpha value is -2.23. The van der Waals surface area contributed by atoms with E-state index in [1.54, 1.807) is 18.2 Å². The summed E-state index contributed by atoms with van der Waals surface area (Å²) in [5.74, 6) is -1.23. The molecule has 0 aromatic carbocycles. The summed E-state index contributed by atoms with van der Waals surface area (Å²) in [7, 11) is -5.15. The van der Waals surface area contributed by atoms with E-state index in [1.165, 1.54) is 77.0 Å². The van der Waals surface area contributed by atoms with E-state index < -0.39 is 81.8 Å². The average molecular weight is 875 g/mol. The lowest BCUT2D eigenvalue weighted by atomic mass is 9.85. The third-order valence-corrected chi connectivity index (χ3v) is 11.2. The van der Waals surface area contributed by atoms with Crippen LogP contribution in [0.3, 0.4) is 0 Å². The molecular formula is C45H79O14P. The number of hydrogen-bond donors (Lipinski definition) is 7. The number of aliphatic hydroxyl groups is 6. The van der Waals surface area contributed by atoms with E-state index in [0.717, 1.165) is 32.1 Å². The number of unbranched alkanes of at least 4 members (excludes halogenated alkanes) is 16. The molecule has 60 heavy (non-hydrogen) atoms. The molecule has 1 aliphatic rings. The van der Waals surface area contributed by atoms with Gasteiger partial charge in [0.25, 0.3) is 0 Å². The van der Waals surface area contributed by atoms with Crippen LogP contribution in [0.2, 0.25) is 0 Å². The van der Waals surface area contributed by atoms with E-state index >= 15 is 0 Å². The molecule has 14 nitrogen and oxygen atoms in total. The van der Waals surface area contributed by atoms with Crippen molar-refractivity contribution in [3.8, 4) is 0 Å². The highest BCUT2D eigenvalue weighted by molar-refractivity contribution is 7.47. The number of ether oxygens (including phenoxy) is 2. The number of allylic oxidation sites excluding steroid dienone is 6. The predicted molar refractivity (Wildman–Crippen MR) is 232 cm³/mol. The molecule has 9 atom stereocenters. The fourth-order valence-electron chi connectivity index (χ4n) is 6.54. The van der Waals surface area contributed by atoms with Gasteiger partial charge in [0.1, 0.15) is 43.2 Å². The van der Waals surface area contributed by atoms with Crippen LogP contribution in [0.25, 0.3) is 0 Å². The van der Waals surface area contributed by atoms with Gasteiger partial charge in [-0.15, -0.1) is 0 Å². The maximum atomic E-state index is 12.8. The van der Waals surface area contributed by atoms with Crippen molar-refractivity contribution in [1.29, 1.82) is 0 Å². The van der Waals surface area contributed by atoms with Crippen molar-refractivity contribution in [2.75, 3.05) is 13.2 Å². The van der Waals surface area contributed by atoms with Gasteiger partial charge in [-0.3, -0.25) is 18.6 Å². The van der Waals surface area contributed by atoms with Gasteiger partial charge in [-0.25, -0.2) is 4.57 Å². The predicted octanol–water partition coefficient (Wildman–Crippen LogP) is 7.36. The summed E-state index contributed by atoms with van der Waals surface area (Å²) in [6.45, 7) is 3.13. The zero-order valence-electron chi connectivity index (χ0n) is 36.4. The number of hydrogen-bond acceptors (Lipinski definition) is 13. The van der Waals surface area contributed by atoms with Crippen molar-refractivity contribution in [3.63, 3.8) is 0 Å². The third kappa shape index (κ3) is 27.7. The second-order valence-corrected chi connectivity index (χ2v) is 17.2. The first kappa shape index (κ1) is 55.8. The highest BCUT2D eigenvalue weighted by atomic mass is 31.2. The first-order valence-corrected chi connectivity index (χ1v) is 24.0. The van der Waals surface area contributed by atoms with Gasteiger partial charge in [-0.2, -0.15) is 0 Å². The number of carbonyl (C=O) groups excluding carboxylic acids is 2. The molecule has 0 aromatic heterocycles. The molecule has 1 saturated carbocycles. The number of rotatable bonds is 36. The van der Waals surface area contributed by atoms with Crippen molar-refractivity contribution >= 4 is 19.8 Å². The summed E-state index contributed by atoms with van der Waals surface area (Å²) in [5, 5.41) is 60.2. The molecule has 0 aromatic rings. The smallest absolute Gasteiger partial charge is 0.462 e. The first-order chi connectivity index (χ1) is 28.8. The molecule has 1 fully saturated rings. The van der Waals surface area contributed by atoms with Gasteiger partial charge in [-0.1, -0.05) is 152 Å². The van der Waals surface area contributed by atoms with Crippen LogP contribution in [0.1, 0.15) is 162 Å². The molecule has 4 unspecified atom stereocenters. The normalized spacial score (nSPS) is 23.1. The van der Waals surface area contributed by atoms with Gasteiger partial charge in [0.05, 0.1) is 12.7 Å². The summed E-state index contributed by atoms with van der Waals surface area (Å²) in [5.41, 5.74) is 0. The monoisotopic (exact) mass is 875 g/mol. The summed E-state index contributed by atoms with van der Waals surface area (Å²) >= 11 is 0. The summed E-state index contributed by atoms with van der Waals surface area (Å²) < 4.78 is 33.4. The number of esters is 2. The van der Waals surface area contributed by atoms with Gasteiger partial charge in [0, 0.05) is 12.8 Å². The largest absolute Gasteiger partial charge is 0.472 e. The molecule has 348 valence electrons. The number of phosphoric acid groups is 1. The van der Waals surface area contributed by atoms with Crippen molar-refractivity contribution in [2.24, 2.45) is 0 Å². The van der Waals surface area contributed by atoms with Gasteiger partial charge in [0.15, 0.2) is 6.10 Å². The molecule has 0 spiro atoms. The quantitative estimate of drug-likeness (QED) is 0.0107. The van der Waals surface area contributed by atoms with Crippen LogP contribution in [0.5, 0.6) is 0 Å². The Morgan fingerprint density at radius 1 is 0.600 bits per heavy atom. The van der Waals surface area contributed by atoms with Gasteiger partial charge >= 0.3 is 19.8 Å². The number of carbonyl (C=O) groups is 2. The lowest BCUT2D eigenvalue weighted by Gasteiger charge is -2.41. The SMILES string of the molecule is CCCCC/C=C\C/C=C\CC(O)/C=C\C=C\CCCC(=O)O[C@H](COC(=O)CCCCCCCCCCCCCCC)COP(=O)(O)OC1[C@H](O)[C@H](O)C(O)[C@H](O)[C@H]1O. The number of phosphoric ester groups is 1. The molecule has 0 aliphatic heterocycles. The van der Waals surface area contributed by atoms with Gasteiger partial charge in [0.2, 0.25) is 0 Å². The molecular weight excluding hydrogens is 795 g/mol. The topological polar surface area (TPSA) is 230 Å². The first-order valence-electron chi connectivity index (χ1n) is 22.5. The van der Waals surface area contributed by atoms with Gasteiger partial charge < -0.3 is 45.0 Å². The van der Waals surface area contributed by atoms with Crippen molar-refractivity contribution in [1.82, 2.24) is 0 Å². The van der Waals surface area contributed by atoms with Crippen LogP contribution in [-0.2, 0) is 32.7 Å². The molecule has 15 heteroatoms. The van der Waals surface area contributed by atoms with E-state index in [1.807, 2.05) is 18.2 Å². The van der Waals surface area contributed by atoms with Crippen LogP contribution in [0.4, 0.5) is 0 Å². The van der Waals surface area contributed by atoms with Crippen LogP contribution in [0.15, 0.2) is 48.6 Å². The Bertz CT molecular complexity index is 1260. The molecule has 0 saturated heterocycles. The van der Waals surface area contributed by atoms with Crippen molar-refractivity contribution in [3.05, 3.63) is 48.6 Å². The number of aliphatic hydroxyl groups excluding tert-OH is 6. The van der Waals surface area contributed by atoms with E-state index in [0.29, 0.717) is 25.7 Å². The fourth-order valence-corrected chi connectivity index (χ4v) is 7.51. The minimum Gasteiger partial charge on any atom is -0.462 e. The molecule has 1 aliphatic carbocycles. The molecule has 0 amide bonds. The second-order valence-electron chi connectivity index (χ2n) is 15.8. The minimum atomic E-state index is -5.15. The van der Waals surface area contributed by atoms with E-state index in [2.05, 4.69) is 26.0 Å². The van der Waals surface area contributed by atoms with Crippen LogP contribution >= 0.6 is 7.82 Å². The Morgan fingerprint density at radius 3 is 1.73 bits per heavy atom. The highest BCUT2D eigenvalue weighted by Crippen LogP contribution is 2.47. The summed E-state index contributed by atoms with van der Waals surface area (Å²) in [4.78, 5) is 35.6. The van der Waals surface area contributed by atoms with E-state index in [4.69, 9.17) is 18.5 Å². The second kappa shape index (κ2) is 35.3. The molecule has 7 N–H and O–H groups in total. The lowest BCUT2D eigenvalue weighted by molar-refractivity contribution is -0.220. The third-order valence-electron chi connectivity index (χ3n) is 10.3. The summed E-state index contributed by atoms with van der Waals surface area (Å²) in [6.07, 6.45) is 23.3. The van der Waals surface area contributed by atoms with Crippen molar-refractivity contribution in [2.45, 2.75) is 210 Å². The zero-order valence-corrected chi connectivity index (χ0v) is 37.2. The zero-order chi connectivity index (χ0) is 44.4. The van der Waals surface area contributed by atoms with Crippen LogP contribution in [0, 0.1) is 0 Å². The average Bonchev–Trinajstić information content (AvgIpc) is 3.22. The maximum Gasteiger partial charge on any atom is 0.472 e. The Morgan fingerprint density at radius 2 is 1.12 bits per heavy atom.